The Hall–Kier alpha value is -3.62. The van der Waals surface area contributed by atoms with Crippen molar-refractivity contribution in [3.8, 4) is 11.5 Å². The predicted molar refractivity (Wildman–Crippen MR) is 149 cm³/mol. The highest BCUT2D eigenvalue weighted by molar-refractivity contribution is 5.94. The summed E-state index contributed by atoms with van der Waals surface area (Å²) in [5.41, 5.74) is 4.06. The van der Waals surface area contributed by atoms with Crippen LogP contribution in [0.3, 0.4) is 0 Å². The summed E-state index contributed by atoms with van der Waals surface area (Å²) in [5.74, 6) is -0.719. The molecule has 2 aromatic heterocycles. The van der Waals surface area contributed by atoms with Crippen LogP contribution >= 0.6 is 0 Å². The van der Waals surface area contributed by atoms with Gasteiger partial charge in [-0.05, 0) is 89.3 Å². The second-order valence-corrected chi connectivity index (χ2v) is 10.7. The van der Waals surface area contributed by atoms with Crippen molar-refractivity contribution in [3.05, 3.63) is 59.9 Å². The lowest BCUT2D eigenvalue weighted by Crippen LogP contribution is -2.42. The zero-order valence-electron chi connectivity index (χ0n) is 22.5. The molecule has 38 heavy (non-hydrogen) atoms. The minimum atomic E-state index is -0.513. The molecule has 2 aromatic carbocycles. The van der Waals surface area contributed by atoms with E-state index in [4.69, 9.17) is 9.47 Å². The average molecular weight is 517 g/mol. The summed E-state index contributed by atoms with van der Waals surface area (Å²) >= 11 is 0. The Balaban J connectivity index is 1.30. The fourth-order valence-electron chi connectivity index (χ4n) is 5.12. The van der Waals surface area contributed by atoms with Gasteiger partial charge < -0.3 is 29.2 Å². The summed E-state index contributed by atoms with van der Waals surface area (Å²) in [7, 11) is 8.14. The number of hydrogen-bond acceptors (Lipinski definition) is 6. The quantitative estimate of drug-likeness (QED) is 0.240. The predicted octanol–water partition coefficient (Wildman–Crippen LogP) is 4.39. The van der Waals surface area contributed by atoms with Crippen molar-refractivity contribution in [2.45, 2.75) is 25.7 Å². The fourth-order valence-corrected chi connectivity index (χ4v) is 5.12. The number of H-pyrrole nitrogens is 2. The third-order valence-electron chi connectivity index (χ3n) is 7.46. The molecular weight excluding hydrogens is 480 g/mol. The van der Waals surface area contributed by atoms with Crippen LogP contribution in [-0.2, 0) is 22.4 Å². The van der Waals surface area contributed by atoms with Gasteiger partial charge in [-0.2, -0.15) is 0 Å². The van der Waals surface area contributed by atoms with E-state index in [0.717, 1.165) is 58.9 Å². The van der Waals surface area contributed by atoms with Gasteiger partial charge in [-0.1, -0.05) is 12.1 Å². The SMILES string of the molecule is CN(C)CCc1c[nH]c2cccc(OC(=O)[C@@H]3CC[C@H]3C(=O)Oc3cccc4[nH]cc(CCN(C)C)c34)c12. The van der Waals surface area contributed by atoms with Crippen LogP contribution in [0, 0.1) is 11.8 Å². The second kappa shape index (κ2) is 11.0. The first kappa shape index (κ1) is 26.0. The van der Waals surface area contributed by atoms with Crippen LogP contribution in [0.5, 0.6) is 11.5 Å². The van der Waals surface area contributed by atoms with Crippen molar-refractivity contribution >= 4 is 33.7 Å². The van der Waals surface area contributed by atoms with Gasteiger partial charge in [0.2, 0.25) is 0 Å². The van der Waals surface area contributed by atoms with Crippen molar-refractivity contribution < 1.29 is 19.1 Å². The molecule has 0 aliphatic heterocycles. The molecule has 0 saturated heterocycles. The van der Waals surface area contributed by atoms with Crippen molar-refractivity contribution in [2.75, 3.05) is 41.3 Å². The Morgan fingerprint density at radius 2 is 1.16 bits per heavy atom. The molecule has 0 unspecified atom stereocenters. The number of likely N-dealkylation sites (N-methyl/N-ethyl adjacent to an activating group) is 2. The molecule has 0 spiro atoms. The van der Waals surface area contributed by atoms with Crippen LogP contribution < -0.4 is 9.47 Å². The molecular formula is C30H36N4O4. The first-order valence-corrected chi connectivity index (χ1v) is 13.2. The van der Waals surface area contributed by atoms with Gasteiger partial charge in [0.15, 0.2) is 0 Å². The largest absolute Gasteiger partial charge is 0.426 e. The zero-order chi connectivity index (χ0) is 26.8. The van der Waals surface area contributed by atoms with E-state index < -0.39 is 11.8 Å². The van der Waals surface area contributed by atoms with Crippen LogP contribution in [0.2, 0.25) is 0 Å². The van der Waals surface area contributed by atoms with E-state index in [1.165, 1.54) is 0 Å². The number of carbonyl (C=O) groups is 2. The Kier molecular flexibility index (Phi) is 7.53. The van der Waals surface area contributed by atoms with E-state index in [1.807, 2.05) is 77.0 Å². The third-order valence-corrected chi connectivity index (χ3v) is 7.46. The standard InChI is InChI=1S/C30H36N4O4/c1-33(2)15-13-19-17-31-23-7-5-9-25(27(19)23)37-29(35)21-11-12-22(21)30(36)38-26-10-6-8-24-28(26)20(18-32-24)14-16-34(3)4/h5-10,17-18,21-22,31-32H,11-16H2,1-4H3/t21-,22-/m1/s1. The highest BCUT2D eigenvalue weighted by atomic mass is 16.5. The molecule has 1 saturated carbocycles. The Morgan fingerprint density at radius 1 is 0.737 bits per heavy atom. The molecule has 0 amide bonds. The van der Waals surface area contributed by atoms with Crippen molar-refractivity contribution in [3.63, 3.8) is 0 Å². The van der Waals surface area contributed by atoms with Crippen LogP contribution in [0.15, 0.2) is 48.8 Å². The Labute approximate surface area is 222 Å². The first-order valence-electron chi connectivity index (χ1n) is 13.2. The van der Waals surface area contributed by atoms with Crippen molar-refractivity contribution in [1.29, 1.82) is 0 Å². The van der Waals surface area contributed by atoms with Gasteiger partial charge in [-0.25, -0.2) is 0 Å². The van der Waals surface area contributed by atoms with E-state index in [2.05, 4.69) is 19.8 Å². The van der Waals surface area contributed by atoms with Gasteiger partial charge in [0.05, 0.1) is 11.8 Å². The lowest BCUT2D eigenvalue weighted by Gasteiger charge is -2.32. The normalized spacial score (nSPS) is 17.3. The third kappa shape index (κ3) is 5.33. The highest BCUT2D eigenvalue weighted by Crippen LogP contribution is 2.39. The molecule has 2 atom stereocenters. The summed E-state index contributed by atoms with van der Waals surface area (Å²) in [6.45, 7) is 1.77. The molecule has 0 bridgehead atoms. The van der Waals surface area contributed by atoms with E-state index in [0.29, 0.717) is 24.3 Å². The minimum absolute atomic E-state index is 0.378. The topological polar surface area (TPSA) is 90.7 Å². The maximum atomic E-state index is 13.2. The molecule has 4 aromatic rings. The number of nitrogens with zero attached hydrogens (tertiary/aromatic N) is 2. The summed E-state index contributed by atoms with van der Waals surface area (Å²) in [6.07, 6.45) is 6.84. The van der Waals surface area contributed by atoms with Crippen LogP contribution in [0.25, 0.3) is 21.8 Å². The highest BCUT2D eigenvalue weighted by Gasteiger charge is 2.44. The lowest BCUT2D eigenvalue weighted by molar-refractivity contribution is -0.156. The Bertz CT molecular complexity index is 1340. The molecule has 5 rings (SSSR count). The number of rotatable bonds is 10. The number of esters is 2. The van der Waals surface area contributed by atoms with Crippen LogP contribution in [0.4, 0.5) is 0 Å². The molecule has 1 aliphatic carbocycles. The number of fused-ring (bicyclic) bond motifs is 2. The molecule has 2 N–H and O–H groups in total. The molecule has 8 nitrogen and oxygen atoms in total. The number of aromatic nitrogens is 2. The smallest absolute Gasteiger partial charge is 0.315 e. The first-order chi connectivity index (χ1) is 18.3. The number of benzene rings is 2. The van der Waals surface area contributed by atoms with Crippen LogP contribution in [0.1, 0.15) is 24.0 Å². The zero-order valence-corrected chi connectivity index (χ0v) is 22.5. The van der Waals surface area contributed by atoms with E-state index in [-0.39, 0.29) is 11.9 Å². The number of hydrogen-bond donors (Lipinski definition) is 2. The van der Waals surface area contributed by atoms with E-state index >= 15 is 0 Å². The molecule has 1 fully saturated rings. The average Bonchev–Trinajstić information content (AvgIpc) is 3.46. The lowest BCUT2D eigenvalue weighted by atomic mass is 9.73. The number of nitrogens with one attached hydrogen (secondary N) is 2. The van der Waals surface area contributed by atoms with E-state index in [9.17, 15) is 9.59 Å². The summed E-state index contributed by atoms with van der Waals surface area (Å²) < 4.78 is 11.8. The summed E-state index contributed by atoms with van der Waals surface area (Å²) in [4.78, 5) is 37.2. The molecule has 1 aliphatic rings. The summed E-state index contributed by atoms with van der Waals surface area (Å²) in [6, 6.07) is 11.3. The number of aromatic amines is 2. The molecule has 2 heterocycles. The van der Waals surface area contributed by atoms with Gasteiger partial charge in [0, 0.05) is 47.3 Å². The van der Waals surface area contributed by atoms with Crippen LogP contribution in [-0.4, -0.2) is 73.0 Å². The number of carbonyl (C=O) groups excluding carboxylic acids is 2. The van der Waals surface area contributed by atoms with Crippen molar-refractivity contribution in [1.82, 2.24) is 19.8 Å². The molecule has 0 radical (unpaired) electrons. The van der Waals surface area contributed by atoms with Gasteiger partial charge in [0.25, 0.3) is 0 Å². The molecule has 8 heteroatoms. The fraction of sp³-hybridized carbons (Fsp3) is 0.400. The molecule has 200 valence electrons. The maximum Gasteiger partial charge on any atom is 0.315 e. The van der Waals surface area contributed by atoms with Crippen molar-refractivity contribution in [2.24, 2.45) is 11.8 Å². The number of ether oxygens (including phenoxy) is 2. The Morgan fingerprint density at radius 3 is 1.53 bits per heavy atom. The van der Waals surface area contributed by atoms with Gasteiger partial charge in [-0.3, -0.25) is 9.59 Å². The van der Waals surface area contributed by atoms with Gasteiger partial charge >= 0.3 is 11.9 Å². The minimum Gasteiger partial charge on any atom is -0.426 e. The maximum absolute atomic E-state index is 13.2. The van der Waals surface area contributed by atoms with Gasteiger partial charge in [0.1, 0.15) is 11.5 Å². The van der Waals surface area contributed by atoms with E-state index in [1.54, 1.807) is 0 Å². The van der Waals surface area contributed by atoms with Gasteiger partial charge in [-0.15, -0.1) is 0 Å². The summed E-state index contributed by atoms with van der Waals surface area (Å²) in [5, 5.41) is 1.84. The monoisotopic (exact) mass is 516 g/mol. The second-order valence-electron chi connectivity index (χ2n) is 10.7.